The van der Waals surface area contributed by atoms with Gasteiger partial charge in [-0.2, -0.15) is 0 Å². The normalized spacial score (nSPS) is 11.1. The van der Waals surface area contributed by atoms with Crippen molar-refractivity contribution in [3.05, 3.63) is 64.8 Å². The third-order valence-corrected chi connectivity index (χ3v) is 4.89. The molecule has 0 amide bonds. The van der Waals surface area contributed by atoms with E-state index in [9.17, 15) is 4.79 Å². The summed E-state index contributed by atoms with van der Waals surface area (Å²) in [5.41, 5.74) is 5.65. The van der Waals surface area contributed by atoms with Gasteiger partial charge in [-0.1, -0.05) is 37.3 Å². The molecule has 26 heavy (non-hydrogen) atoms. The van der Waals surface area contributed by atoms with E-state index in [0.29, 0.717) is 6.61 Å². The molecule has 0 atom stereocenters. The van der Waals surface area contributed by atoms with Gasteiger partial charge in [0, 0.05) is 23.7 Å². The molecule has 3 nitrogen and oxygen atoms in total. The Morgan fingerprint density at radius 1 is 1.15 bits per heavy atom. The lowest BCUT2D eigenvalue weighted by molar-refractivity contribution is 0.101. The number of fused-ring (bicyclic) bond motifs is 1. The van der Waals surface area contributed by atoms with Gasteiger partial charge >= 0.3 is 0 Å². The largest absolute Gasteiger partial charge is 0.493 e. The van der Waals surface area contributed by atoms with Crippen LogP contribution < -0.4 is 4.74 Å². The van der Waals surface area contributed by atoms with Crippen molar-refractivity contribution in [1.82, 2.24) is 4.57 Å². The molecule has 1 aromatic heterocycles. The molecular formula is C23H27NO2. The van der Waals surface area contributed by atoms with Gasteiger partial charge in [-0.05, 0) is 56.4 Å². The van der Waals surface area contributed by atoms with Crippen LogP contribution in [0.5, 0.6) is 5.75 Å². The first-order valence-electron chi connectivity index (χ1n) is 9.33. The molecule has 0 fully saturated rings. The Morgan fingerprint density at radius 3 is 2.69 bits per heavy atom. The topological polar surface area (TPSA) is 31.2 Å². The number of ether oxygens (including phenoxy) is 1. The number of para-hydroxylation sites is 1. The SMILES string of the molecule is CCc1cccc2c(C(C)=O)cn(CCCOc3cc(C)ccc3C)c12. The van der Waals surface area contributed by atoms with Crippen LogP contribution in [0.1, 0.15) is 47.3 Å². The van der Waals surface area contributed by atoms with E-state index < -0.39 is 0 Å². The molecule has 136 valence electrons. The molecule has 2 aromatic carbocycles. The predicted molar refractivity (Wildman–Crippen MR) is 107 cm³/mol. The first kappa shape index (κ1) is 18.2. The highest BCUT2D eigenvalue weighted by molar-refractivity contribution is 6.07. The Bertz CT molecular complexity index is 937. The summed E-state index contributed by atoms with van der Waals surface area (Å²) in [6.07, 6.45) is 3.86. The first-order chi connectivity index (χ1) is 12.5. The fraction of sp³-hybridized carbons (Fsp3) is 0.348. The average Bonchev–Trinajstić information content (AvgIpc) is 3.00. The number of carbonyl (C=O) groups is 1. The number of hydrogen-bond acceptors (Lipinski definition) is 2. The number of ketones is 1. The molecule has 1 heterocycles. The van der Waals surface area contributed by atoms with Crippen LogP contribution >= 0.6 is 0 Å². The summed E-state index contributed by atoms with van der Waals surface area (Å²) in [7, 11) is 0. The maximum Gasteiger partial charge on any atom is 0.161 e. The molecule has 3 aromatic rings. The van der Waals surface area contributed by atoms with Crippen molar-refractivity contribution < 1.29 is 9.53 Å². The fourth-order valence-corrected chi connectivity index (χ4v) is 3.46. The fourth-order valence-electron chi connectivity index (χ4n) is 3.46. The van der Waals surface area contributed by atoms with E-state index in [2.05, 4.69) is 49.6 Å². The second-order valence-electron chi connectivity index (χ2n) is 6.93. The summed E-state index contributed by atoms with van der Waals surface area (Å²) < 4.78 is 8.20. The lowest BCUT2D eigenvalue weighted by atomic mass is 10.1. The van der Waals surface area contributed by atoms with E-state index in [1.807, 2.05) is 18.3 Å². The molecule has 0 aliphatic carbocycles. The summed E-state index contributed by atoms with van der Waals surface area (Å²) in [5, 5.41) is 1.06. The van der Waals surface area contributed by atoms with Gasteiger partial charge in [0.15, 0.2) is 5.78 Å². The summed E-state index contributed by atoms with van der Waals surface area (Å²) in [6.45, 7) is 9.44. The van der Waals surface area contributed by atoms with Crippen molar-refractivity contribution in [2.24, 2.45) is 0 Å². The van der Waals surface area contributed by atoms with Crippen LogP contribution in [0.15, 0.2) is 42.6 Å². The highest BCUT2D eigenvalue weighted by Crippen LogP contribution is 2.26. The number of carbonyl (C=O) groups excluding carboxylic acids is 1. The molecule has 0 spiro atoms. The monoisotopic (exact) mass is 349 g/mol. The molecule has 0 unspecified atom stereocenters. The molecule has 0 aliphatic rings. The van der Waals surface area contributed by atoms with Crippen LogP contribution in [0.4, 0.5) is 0 Å². The van der Waals surface area contributed by atoms with Crippen LogP contribution in [-0.2, 0) is 13.0 Å². The Kier molecular flexibility index (Phi) is 5.46. The minimum absolute atomic E-state index is 0.119. The first-order valence-corrected chi connectivity index (χ1v) is 9.33. The summed E-state index contributed by atoms with van der Waals surface area (Å²) in [4.78, 5) is 12.0. The van der Waals surface area contributed by atoms with Gasteiger partial charge in [0.1, 0.15) is 5.75 Å². The standard InChI is InChI=1S/C23H27NO2/c1-5-19-8-6-9-20-21(18(4)25)15-24(23(19)20)12-7-13-26-22-14-16(2)10-11-17(22)3/h6,8-11,14-15H,5,7,12-13H2,1-4H3. The van der Waals surface area contributed by atoms with Crippen LogP contribution in [-0.4, -0.2) is 17.0 Å². The third-order valence-electron chi connectivity index (χ3n) is 4.89. The lowest BCUT2D eigenvalue weighted by Gasteiger charge is -2.12. The summed E-state index contributed by atoms with van der Waals surface area (Å²) >= 11 is 0. The quantitative estimate of drug-likeness (QED) is 0.417. The van der Waals surface area contributed by atoms with E-state index in [1.54, 1.807) is 6.92 Å². The lowest BCUT2D eigenvalue weighted by Crippen LogP contribution is -2.05. The second-order valence-corrected chi connectivity index (χ2v) is 6.93. The van der Waals surface area contributed by atoms with Crippen molar-refractivity contribution in [3.63, 3.8) is 0 Å². The zero-order valence-corrected chi connectivity index (χ0v) is 16.1. The minimum atomic E-state index is 0.119. The van der Waals surface area contributed by atoms with Crippen molar-refractivity contribution in [2.75, 3.05) is 6.61 Å². The van der Waals surface area contributed by atoms with Gasteiger partial charge in [-0.15, -0.1) is 0 Å². The zero-order chi connectivity index (χ0) is 18.7. The number of benzene rings is 2. The molecule has 0 radical (unpaired) electrons. The van der Waals surface area contributed by atoms with E-state index in [-0.39, 0.29) is 5.78 Å². The molecule has 0 N–H and O–H groups in total. The van der Waals surface area contributed by atoms with Crippen molar-refractivity contribution in [3.8, 4) is 5.75 Å². The van der Waals surface area contributed by atoms with Crippen molar-refractivity contribution in [2.45, 2.75) is 47.1 Å². The molecule has 3 rings (SSSR count). The number of rotatable bonds is 7. The maximum absolute atomic E-state index is 12.0. The van der Waals surface area contributed by atoms with Crippen LogP contribution in [0.25, 0.3) is 10.9 Å². The number of aryl methyl sites for hydroxylation is 4. The van der Waals surface area contributed by atoms with Gasteiger partial charge in [0.25, 0.3) is 0 Å². The van der Waals surface area contributed by atoms with Gasteiger partial charge < -0.3 is 9.30 Å². The molecule has 0 bridgehead atoms. The molecule has 3 heteroatoms. The van der Waals surface area contributed by atoms with Gasteiger partial charge in [-0.3, -0.25) is 4.79 Å². The van der Waals surface area contributed by atoms with Gasteiger partial charge in [-0.25, -0.2) is 0 Å². The predicted octanol–water partition coefficient (Wildman–Crippen LogP) is 5.49. The number of Topliss-reactive ketones (excluding diaryl/α,β-unsaturated/α-hetero) is 1. The summed E-state index contributed by atoms with van der Waals surface area (Å²) in [5.74, 6) is 1.08. The smallest absolute Gasteiger partial charge is 0.161 e. The molecule has 0 aliphatic heterocycles. The Morgan fingerprint density at radius 2 is 1.96 bits per heavy atom. The second kappa shape index (κ2) is 7.77. The van der Waals surface area contributed by atoms with E-state index in [0.717, 1.165) is 41.6 Å². The van der Waals surface area contributed by atoms with Crippen molar-refractivity contribution in [1.29, 1.82) is 0 Å². The van der Waals surface area contributed by atoms with E-state index in [1.165, 1.54) is 16.6 Å². The number of nitrogens with zero attached hydrogens (tertiary/aromatic N) is 1. The van der Waals surface area contributed by atoms with E-state index in [4.69, 9.17) is 4.74 Å². The van der Waals surface area contributed by atoms with E-state index >= 15 is 0 Å². The maximum atomic E-state index is 12.0. The molecule has 0 saturated heterocycles. The zero-order valence-electron chi connectivity index (χ0n) is 16.1. The summed E-state index contributed by atoms with van der Waals surface area (Å²) in [6, 6.07) is 12.5. The van der Waals surface area contributed by atoms with Gasteiger partial charge in [0.2, 0.25) is 0 Å². The van der Waals surface area contributed by atoms with Crippen LogP contribution in [0, 0.1) is 13.8 Å². The Hall–Kier alpha value is -2.55. The number of hydrogen-bond donors (Lipinski definition) is 0. The number of aromatic nitrogens is 1. The Balaban J connectivity index is 1.76. The Labute approximate surface area is 155 Å². The molecular weight excluding hydrogens is 322 g/mol. The van der Waals surface area contributed by atoms with Crippen LogP contribution in [0.3, 0.4) is 0 Å². The van der Waals surface area contributed by atoms with Gasteiger partial charge in [0.05, 0.1) is 12.1 Å². The van der Waals surface area contributed by atoms with Crippen LogP contribution in [0.2, 0.25) is 0 Å². The highest BCUT2D eigenvalue weighted by atomic mass is 16.5. The average molecular weight is 349 g/mol. The molecule has 0 saturated carbocycles. The minimum Gasteiger partial charge on any atom is -0.493 e. The third kappa shape index (κ3) is 3.67. The highest BCUT2D eigenvalue weighted by Gasteiger charge is 2.14. The van der Waals surface area contributed by atoms with Crippen molar-refractivity contribution >= 4 is 16.7 Å².